The van der Waals surface area contributed by atoms with E-state index in [2.05, 4.69) is 35.0 Å². The minimum absolute atomic E-state index is 0.00808. The number of hydrogen-bond acceptors (Lipinski definition) is 3. The Morgan fingerprint density at radius 3 is 2.52 bits per heavy atom. The Morgan fingerprint density at radius 2 is 1.85 bits per heavy atom. The molecule has 0 aliphatic carbocycles. The molecule has 2 atom stereocenters. The van der Waals surface area contributed by atoms with Crippen molar-refractivity contribution in [3.05, 3.63) is 65.0 Å². The third kappa shape index (κ3) is 3.06. The summed E-state index contributed by atoms with van der Waals surface area (Å²) in [5.41, 5.74) is 2.22. The molecule has 0 bridgehead atoms. The molecule has 2 unspecified atom stereocenters. The van der Waals surface area contributed by atoms with Crippen molar-refractivity contribution >= 4 is 43.9 Å². The van der Waals surface area contributed by atoms with Gasteiger partial charge < -0.3 is 0 Å². The molecule has 2 heterocycles. The molecule has 2 radical (unpaired) electrons. The van der Waals surface area contributed by atoms with Crippen molar-refractivity contribution in [3.8, 4) is 5.69 Å². The fourth-order valence-corrected chi connectivity index (χ4v) is 5.74. The first-order valence-electron chi connectivity index (χ1n) is 9.42. The van der Waals surface area contributed by atoms with Crippen molar-refractivity contribution in [2.45, 2.75) is 36.6 Å². The molecule has 4 rings (SSSR count). The Balaban J connectivity index is 1.79. The Kier molecular flexibility index (Phi) is 4.98. The predicted molar refractivity (Wildman–Crippen MR) is 119 cm³/mol. The maximum absolute atomic E-state index is 13.2. The van der Waals surface area contributed by atoms with Crippen LogP contribution in [-0.2, 0) is 0 Å². The van der Waals surface area contributed by atoms with Gasteiger partial charge in [0.1, 0.15) is 14.0 Å². The third-order valence-electron chi connectivity index (χ3n) is 6.01. The summed E-state index contributed by atoms with van der Waals surface area (Å²) in [5, 5.41) is 1.62. The summed E-state index contributed by atoms with van der Waals surface area (Å²) in [6.45, 7) is 7.24. The van der Waals surface area contributed by atoms with Gasteiger partial charge in [-0.25, -0.2) is 4.98 Å². The molecule has 7 heteroatoms. The zero-order chi connectivity index (χ0) is 19.0. The molecule has 0 saturated carbocycles. The van der Waals surface area contributed by atoms with E-state index < -0.39 is 0 Å². The predicted octanol–water partition coefficient (Wildman–Crippen LogP) is 4.15. The molecule has 132 valence electrons. The van der Waals surface area contributed by atoms with Gasteiger partial charge in [-0.05, 0) is 30.0 Å². The lowest BCUT2D eigenvalue weighted by Gasteiger charge is -2.18. The van der Waals surface area contributed by atoms with E-state index in [1.54, 1.807) is 16.3 Å². The highest BCUT2D eigenvalue weighted by Crippen LogP contribution is 2.63. The fraction of sp³-hybridized carbons (Fsp3) is 0.300. The highest BCUT2D eigenvalue weighted by Gasteiger charge is 2.60. The quantitative estimate of drug-likeness (QED) is 0.372. The molecule has 27 heavy (non-hydrogen) atoms. The van der Waals surface area contributed by atoms with E-state index in [1.807, 2.05) is 54.6 Å². The summed E-state index contributed by atoms with van der Waals surface area (Å²) >= 11 is 1.69. The van der Waals surface area contributed by atoms with Crippen molar-refractivity contribution < 1.29 is 0 Å². The number of thioether (sulfide) groups is 1. The second-order valence-electron chi connectivity index (χ2n) is 7.23. The molecule has 1 fully saturated rings. The van der Waals surface area contributed by atoms with Crippen molar-refractivity contribution in [2.75, 3.05) is 5.75 Å². The Bertz CT molecular complexity index is 1030. The van der Waals surface area contributed by atoms with E-state index in [0.29, 0.717) is 17.8 Å². The zero-order valence-electron chi connectivity index (χ0n) is 15.9. The standard InChI is InChI=1S/C20H21B3N2OS/c1-21-18-20(22-2,23(18)3)13-27-19-24-16-12-8-7-11-15(16)17(26)25(19)14-9-5-4-6-10-14/h4-12,18H,13H2,1-3H3. The van der Waals surface area contributed by atoms with Crippen LogP contribution in [0.5, 0.6) is 0 Å². The molecular formula is C20H21B3N2OS. The van der Waals surface area contributed by atoms with Crippen molar-refractivity contribution in [2.24, 2.45) is 0 Å². The Morgan fingerprint density at radius 1 is 1.15 bits per heavy atom. The topological polar surface area (TPSA) is 34.9 Å². The monoisotopic (exact) mass is 370 g/mol. The minimum atomic E-state index is -0.00808. The van der Waals surface area contributed by atoms with Crippen LogP contribution in [0.4, 0.5) is 0 Å². The number of fused-ring (bicyclic) bond motifs is 1. The van der Waals surface area contributed by atoms with Gasteiger partial charge in [0.2, 0.25) is 0 Å². The van der Waals surface area contributed by atoms with E-state index in [4.69, 9.17) is 4.98 Å². The Hall–Kier alpha value is -1.88. The van der Waals surface area contributed by atoms with Crippen LogP contribution in [0.2, 0.25) is 31.4 Å². The smallest absolute Gasteiger partial charge is 0.266 e. The van der Waals surface area contributed by atoms with Gasteiger partial charge >= 0.3 is 0 Å². The van der Waals surface area contributed by atoms with E-state index >= 15 is 0 Å². The fourth-order valence-electron chi connectivity index (χ4n) is 4.26. The molecule has 0 amide bonds. The molecule has 1 aromatic heterocycles. The maximum Gasteiger partial charge on any atom is 0.266 e. The molecule has 0 N–H and O–H groups in total. The van der Waals surface area contributed by atoms with Gasteiger partial charge in [0.25, 0.3) is 5.56 Å². The highest BCUT2D eigenvalue weighted by atomic mass is 32.2. The van der Waals surface area contributed by atoms with Gasteiger partial charge in [-0.15, -0.1) is 0 Å². The zero-order valence-corrected chi connectivity index (χ0v) is 16.7. The van der Waals surface area contributed by atoms with Crippen LogP contribution in [0.1, 0.15) is 0 Å². The van der Waals surface area contributed by atoms with Gasteiger partial charge in [-0.1, -0.05) is 73.5 Å². The van der Waals surface area contributed by atoms with Crippen molar-refractivity contribution in [1.29, 1.82) is 0 Å². The lowest BCUT2D eigenvalue weighted by molar-refractivity contribution is 0.818. The van der Waals surface area contributed by atoms with Crippen LogP contribution in [0.15, 0.2) is 64.5 Å². The number of aromatic nitrogens is 2. The summed E-state index contributed by atoms with van der Waals surface area (Å²) in [4.78, 5) is 18.1. The van der Waals surface area contributed by atoms with Gasteiger partial charge in [0.05, 0.1) is 23.9 Å². The lowest BCUT2D eigenvalue weighted by Crippen LogP contribution is -2.22. The lowest BCUT2D eigenvalue weighted by atomic mass is 9.48. The van der Waals surface area contributed by atoms with Crippen LogP contribution >= 0.6 is 11.8 Å². The third-order valence-corrected chi connectivity index (χ3v) is 7.18. The molecule has 2 aromatic carbocycles. The number of rotatable bonds is 6. The van der Waals surface area contributed by atoms with Gasteiger partial charge in [-0.2, -0.15) is 0 Å². The van der Waals surface area contributed by atoms with E-state index in [9.17, 15) is 4.79 Å². The SMILES string of the molecule is C[B]C1B(C)C1([B]C)CSc1nc2ccccc2c(=O)n1-c1ccccc1. The first-order chi connectivity index (χ1) is 13.1. The maximum atomic E-state index is 13.2. The van der Waals surface area contributed by atoms with Gasteiger partial charge in [0, 0.05) is 0 Å². The second kappa shape index (κ2) is 7.27. The van der Waals surface area contributed by atoms with Crippen molar-refractivity contribution in [3.63, 3.8) is 0 Å². The highest BCUT2D eigenvalue weighted by molar-refractivity contribution is 7.99. The van der Waals surface area contributed by atoms with Crippen molar-refractivity contribution in [1.82, 2.24) is 9.55 Å². The van der Waals surface area contributed by atoms with Crippen LogP contribution in [-0.4, -0.2) is 36.6 Å². The van der Waals surface area contributed by atoms with E-state index in [-0.39, 0.29) is 10.8 Å². The number of nitrogens with zero attached hydrogens (tertiary/aromatic N) is 2. The number of benzene rings is 2. The number of hydrogen-bond donors (Lipinski definition) is 0. The number of para-hydroxylation sites is 2. The van der Waals surface area contributed by atoms with E-state index in [0.717, 1.165) is 22.1 Å². The summed E-state index contributed by atoms with van der Waals surface area (Å²) in [6, 6.07) is 17.4. The summed E-state index contributed by atoms with van der Waals surface area (Å²) in [7, 11) is 4.64. The molecule has 1 aliphatic rings. The normalized spacial score (nSPS) is 21.3. The Labute approximate surface area is 166 Å². The summed E-state index contributed by atoms with van der Waals surface area (Å²) < 4.78 is 1.76. The summed E-state index contributed by atoms with van der Waals surface area (Å²) in [5.74, 6) is 0.928. The molecular weight excluding hydrogens is 349 g/mol. The molecule has 3 nitrogen and oxygen atoms in total. The van der Waals surface area contributed by atoms with Gasteiger partial charge in [0.15, 0.2) is 5.16 Å². The van der Waals surface area contributed by atoms with Crippen LogP contribution in [0, 0.1) is 0 Å². The average Bonchev–Trinajstić information content (AvgIpc) is 3.30. The molecule has 1 saturated heterocycles. The van der Waals surface area contributed by atoms with Crippen LogP contribution in [0.25, 0.3) is 16.6 Å². The average molecular weight is 370 g/mol. The van der Waals surface area contributed by atoms with E-state index in [1.165, 1.54) is 0 Å². The van der Waals surface area contributed by atoms with Crippen LogP contribution in [0.3, 0.4) is 0 Å². The first kappa shape index (κ1) is 18.5. The largest absolute Gasteiger partial charge is 0.268 e. The first-order valence-corrected chi connectivity index (χ1v) is 10.4. The van der Waals surface area contributed by atoms with Crippen LogP contribution < -0.4 is 5.56 Å². The van der Waals surface area contributed by atoms with Gasteiger partial charge in [-0.3, -0.25) is 9.36 Å². The molecule has 1 aliphatic heterocycles. The second-order valence-corrected chi connectivity index (χ2v) is 8.17. The molecule has 0 spiro atoms. The summed E-state index contributed by atoms with van der Waals surface area (Å²) in [6.07, 6.45) is 0. The molecule has 3 aromatic rings. The minimum Gasteiger partial charge on any atom is -0.268 e.